The largest absolute Gasteiger partial charge is 0.490 e. The second-order valence-corrected chi connectivity index (χ2v) is 21.7. The number of carbonyl (C=O) groups excluding carboxylic acids is 4. The second kappa shape index (κ2) is 29.8. The van der Waals surface area contributed by atoms with Crippen molar-refractivity contribution in [3.8, 4) is 11.8 Å². The van der Waals surface area contributed by atoms with Crippen LogP contribution in [0.15, 0.2) is 15.8 Å². The second-order valence-electron chi connectivity index (χ2n) is 14.6. The molecule has 4 amide bonds. The van der Waals surface area contributed by atoms with E-state index in [-0.39, 0.29) is 49.7 Å². The maximum atomic E-state index is 12.5. The van der Waals surface area contributed by atoms with Crippen LogP contribution in [0.4, 0.5) is 0 Å². The number of nitrogens with zero attached hydrogens (tertiary/aromatic N) is 1. The zero-order valence-corrected chi connectivity index (χ0v) is 40.8. The van der Waals surface area contributed by atoms with Gasteiger partial charge in [-0.15, -0.1) is 0 Å². The smallest absolute Gasteiger partial charge is 0.481 e. The van der Waals surface area contributed by atoms with Crippen molar-refractivity contribution in [3.63, 3.8) is 0 Å². The van der Waals surface area contributed by atoms with Gasteiger partial charge in [0.2, 0.25) is 23.6 Å². The lowest BCUT2D eigenvalue weighted by Gasteiger charge is -2.19. The van der Waals surface area contributed by atoms with Gasteiger partial charge in [0.25, 0.3) is 5.56 Å². The number of H-pyrrole nitrogens is 1. The number of aliphatic hydroxyl groups is 1. The number of aliphatic carboxylic acids is 3. The normalized spacial score (nSPS) is 18.6. The summed E-state index contributed by atoms with van der Waals surface area (Å²) in [5.74, 6) is -1.20. The Morgan fingerprint density at radius 1 is 0.843 bits per heavy atom. The number of unbranched alkanes of at least 4 members (excludes halogenated alkanes) is 2. The van der Waals surface area contributed by atoms with E-state index < -0.39 is 120 Å². The summed E-state index contributed by atoms with van der Waals surface area (Å²) < 4.78 is 52.3. The molecule has 8 unspecified atom stereocenters. The minimum atomic E-state index is -5.80. The van der Waals surface area contributed by atoms with Gasteiger partial charge >= 0.3 is 47.1 Å². The molecule has 36 heteroatoms. The minimum absolute atomic E-state index is 0.107. The first-order valence-electron chi connectivity index (χ1n) is 20.3. The molecule has 1 aromatic rings. The lowest BCUT2D eigenvalue weighted by atomic mass is 10.1. The molecule has 2 heterocycles. The number of nitrogens with two attached hydrogens (primary N) is 1. The van der Waals surface area contributed by atoms with Gasteiger partial charge in [0.1, 0.15) is 30.0 Å². The zero-order valence-electron chi connectivity index (χ0n) is 36.4. The molecule has 0 radical (unpaired) electrons. The number of aliphatic hydroxyl groups excluding tert-OH is 1. The number of phosphoric acid groups is 3. The lowest BCUT2D eigenvalue weighted by Crippen LogP contribution is -2.52. The van der Waals surface area contributed by atoms with E-state index in [0.29, 0.717) is 43.6 Å². The summed E-state index contributed by atoms with van der Waals surface area (Å²) in [5.41, 5.74) is 3.83. The number of carboxylic acid groups (broad SMARTS) is 3. The molecule has 1 aliphatic rings. The van der Waals surface area contributed by atoms with Crippen LogP contribution < -0.4 is 38.2 Å². The Balaban J connectivity index is 1.65. The highest BCUT2D eigenvalue weighted by Crippen LogP contribution is 2.66. The molecule has 1 fully saturated rings. The van der Waals surface area contributed by atoms with Gasteiger partial charge in [0.05, 0.1) is 38.1 Å². The summed E-state index contributed by atoms with van der Waals surface area (Å²) in [6, 6.07) is -4.28. The molecule has 0 aromatic carbocycles. The Bertz CT molecular complexity index is 2360. The van der Waals surface area contributed by atoms with E-state index in [0.717, 1.165) is 10.8 Å². The van der Waals surface area contributed by atoms with Crippen LogP contribution in [0.2, 0.25) is 0 Å². The summed E-state index contributed by atoms with van der Waals surface area (Å²) in [6.07, 6.45) is -3.28. The standard InChI is InChI=1S/C34H52N7O24P3S2/c35-20(31(50)37-10-3-1-2-8-26(44)38-21(14-28(45)46)32(51)39-22(33(52)53)15-29(47)48)7-5-12-69-70-13-9-25(43)36-11-4-6-19-17-41(34(54)40-30(19)49)27-16-23(42)24(63-27)18-62-67(58,59)65-68(60,61)64-66(55,56)57/h17,20-24,27,42H,1-3,5,7-16,18,35H2,(H,36,43)(H,37,50)(H,38,44)(H,39,51)(H,45,46)(H,47,48)(H,52,53)(H,58,59)(H,60,61)(H,40,49,54)(H2,55,56,57). The number of aromatic nitrogens is 2. The number of hydrogen-bond acceptors (Lipinski definition) is 20. The number of ether oxygens (including phenoxy) is 1. The Morgan fingerprint density at radius 2 is 1.50 bits per heavy atom. The van der Waals surface area contributed by atoms with Crippen molar-refractivity contribution in [2.24, 2.45) is 5.73 Å². The summed E-state index contributed by atoms with van der Waals surface area (Å²) in [6.45, 7) is -0.943. The first-order chi connectivity index (χ1) is 32.6. The van der Waals surface area contributed by atoms with Crippen LogP contribution in [0.25, 0.3) is 0 Å². The Hall–Kier alpha value is -4.48. The van der Waals surface area contributed by atoms with Crippen molar-refractivity contribution in [3.05, 3.63) is 32.6 Å². The Kier molecular flexibility index (Phi) is 26.2. The van der Waals surface area contributed by atoms with E-state index in [4.69, 9.17) is 35.6 Å². The van der Waals surface area contributed by atoms with Crippen molar-refractivity contribution in [2.45, 2.75) is 101 Å². The van der Waals surface area contributed by atoms with Crippen LogP contribution >= 0.6 is 45.1 Å². The predicted octanol–water partition coefficient (Wildman–Crippen LogP) is -2.44. The summed E-state index contributed by atoms with van der Waals surface area (Å²) in [5, 5.41) is 46.7. The van der Waals surface area contributed by atoms with Crippen molar-refractivity contribution in [2.75, 3.05) is 31.2 Å². The monoisotopic (exact) mass is 1100 g/mol. The number of rotatable bonds is 32. The Labute approximate surface area is 403 Å². The van der Waals surface area contributed by atoms with Gasteiger partial charge in [-0.05, 0) is 25.7 Å². The van der Waals surface area contributed by atoms with Crippen LogP contribution in [-0.4, -0.2) is 153 Å². The third-order valence-electron chi connectivity index (χ3n) is 8.88. The molecule has 31 nitrogen and oxygen atoms in total. The third-order valence-corrected chi connectivity index (χ3v) is 15.2. The highest BCUT2D eigenvalue weighted by atomic mass is 33.1. The average Bonchev–Trinajstić information content (AvgIpc) is 3.60. The lowest BCUT2D eigenvalue weighted by molar-refractivity contribution is -0.148. The molecule has 2 rings (SSSR count). The fourth-order valence-electron chi connectivity index (χ4n) is 5.64. The van der Waals surface area contributed by atoms with Crippen LogP contribution in [0, 0.1) is 11.8 Å². The number of hydrogen-bond donors (Lipinski definition) is 14. The SMILES string of the molecule is NC(CCCSSCCC(=O)NCC#Cc1cn(C2CC(O)C(COP(=O)(O)OP(=O)(O)OP(=O)(O)O)O2)c(=O)[nH]c1=O)C(=O)NCCCCCC(=O)NC(CC(=O)O)C(=O)NC(CC(=O)O)C(=O)O. The van der Waals surface area contributed by atoms with Crippen LogP contribution in [0.3, 0.4) is 0 Å². The van der Waals surface area contributed by atoms with E-state index in [2.05, 4.69) is 40.9 Å². The van der Waals surface area contributed by atoms with Gasteiger partial charge in [-0.2, -0.15) is 8.62 Å². The minimum Gasteiger partial charge on any atom is -0.481 e. The van der Waals surface area contributed by atoms with Crippen LogP contribution in [0.5, 0.6) is 0 Å². The quantitative estimate of drug-likeness (QED) is 0.0154. The summed E-state index contributed by atoms with van der Waals surface area (Å²) >= 11 is 0. The molecule has 1 saturated heterocycles. The molecule has 0 saturated carbocycles. The molecule has 0 aliphatic carbocycles. The topological polar surface area (TPSA) is 498 Å². The predicted molar refractivity (Wildman–Crippen MR) is 240 cm³/mol. The Morgan fingerprint density at radius 3 is 2.14 bits per heavy atom. The number of amides is 4. The highest BCUT2D eigenvalue weighted by molar-refractivity contribution is 8.76. The van der Waals surface area contributed by atoms with Crippen molar-refractivity contribution in [1.82, 2.24) is 30.8 Å². The van der Waals surface area contributed by atoms with Gasteiger partial charge < -0.3 is 71.7 Å². The summed E-state index contributed by atoms with van der Waals surface area (Å²) in [7, 11) is -14.1. The fraction of sp³-hybridized carbons (Fsp3) is 0.618. The molecule has 15 N–H and O–H groups in total. The highest BCUT2D eigenvalue weighted by Gasteiger charge is 2.43. The van der Waals surface area contributed by atoms with E-state index in [1.165, 1.54) is 21.6 Å². The zero-order chi connectivity index (χ0) is 52.8. The molecular formula is C34H52N7O24P3S2. The molecule has 0 spiro atoms. The van der Waals surface area contributed by atoms with Gasteiger partial charge in [-0.1, -0.05) is 39.8 Å². The van der Waals surface area contributed by atoms with Crippen molar-refractivity contribution >= 4 is 86.6 Å². The molecule has 8 atom stereocenters. The molecule has 0 bridgehead atoms. The van der Waals surface area contributed by atoms with Crippen molar-refractivity contribution < 1.29 is 105 Å². The maximum Gasteiger partial charge on any atom is 0.490 e. The molecule has 1 aromatic heterocycles. The van der Waals surface area contributed by atoms with E-state index >= 15 is 0 Å². The van der Waals surface area contributed by atoms with Gasteiger partial charge in [0.15, 0.2) is 0 Å². The number of aromatic amines is 1. The van der Waals surface area contributed by atoms with E-state index in [9.17, 15) is 71.7 Å². The van der Waals surface area contributed by atoms with E-state index in [1.54, 1.807) is 0 Å². The van der Waals surface area contributed by atoms with Gasteiger partial charge in [0, 0.05) is 43.5 Å². The molecule has 1 aliphatic heterocycles. The average molecular weight is 1100 g/mol. The first kappa shape index (κ1) is 61.6. The van der Waals surface area contributed by atoms with E-state index in [1.807, 2.05) is 10.3 Å². The van der Waals surface area contributed by atoms with Crippen molar-refractivity contribution in [1.29, 1.82) is 0 Å². The molecular weight excluding hydrogens is 1050 g/mol. The molecule has 394 valence electrons. The maximum absolute atomic E-state index is 12.5. The fourth-order valence-corrected chi connectivity index (χ4v) is 10.8. The number of carboxylic acids is 3. The first-order valence-corrected chi connectivity index (χ1v) is 27.4. The summed E-state index contributed by atoms with van der Waals surface area (Å²) in [4.78, 5) is 146. The molecule has 70 heavy (non-hydrogen) atoms. The number of carbonyl (C=O) groups is 7. The van der Waals surface area contributed by atoms with Crippen LogP contribution in [0.1, 0.15) is 76.0 Å². The van der Waals surface area contributed by atoms with Gasteiger partial charge in [-0.3, -0.25) is 47.6 Å². The number of phosphoric ester groups is 1. The van der Waals surface area contributed by atoms with Crippen LogP contribution in [-0.2, 0) is 65.1 Å². The van der Waals surface area contributed by atoms with Gasteiger partial charge in [-0.25, -0.2) is 23.3 Å². The number of nitrogens with one attached hydrogen (secondary N) is 5. The third kappa shape index (κ3) is 25.1.